The lowest BCUT2D eigenvalue weighted by Gasteiger charge is -2.32. The minimum absolute atomic E-state index is 0.0996. The maximum atomic E-state index is 13.6. The number of unbranched alkanes of at least 4 members (excludes halogenated alkanes) is 4. The molecule has 0 N–H and O–H groups in total. The van der Waals surface area contributed by atoms with Crippen LogP contribution in [-0.2, 0) is 4.79 Å². The SMILES string of the molecule is CCCCCCCN1C(=O)/C(=C\c2c(N3CCC(C)CC3)nc3c(C)cccn3c2=O)SC1=S. The van der Waals surface area contributed by atoms with E-state index >= 15 is 0 Å². The van der Waals surface area contributed by atoms with Crippen LogP contribution in [-0.4, -0.2) is 44.1 Å². The van der Waals surface area contributed by atoms with Crippen molar-refractivity contribution in [2.45, 2.75) is 65.7 Å². The number of carbonyl (C=O) groups excluding carboxylic acids is 1. The van der Waals surface area contributed by atoms with Crippen molar-refractivity contribution in [1.82, 2.24) is 14.3 Å². The second-order valence-corrected chi connectivity index (χ2v) is 11.1. The summed E-state index contributed by atoms with van der Waals surface area (Å²) < 4.78 is 2.16. The molecule has 2 aliphatic heterocycles. The number of thioether (sulfide) groups is 1. The van der Waals surface area contributed by atoms with E-state index in [1.54, 1.807) is 21.6 Å². The fourth-order valence-corrected chi connectivity index (χ4v) is 5.88. The third-order valence-corrected chi connectivity index (χ3v) is 8.16. The average molecular weight is 499 g/mol. The molecule has 0 aromatic carbocycles. The molecule has 4 rings (SSSR count). The molecule has 2 aliphatic rings. The molecule has 0 aliphatic carbocycles. The van der Waals surface area contributed by atoms with Crippen LogP contribution in [0.15, 0.2) is 28.0 Å². The van der Waals surface area contributed by atoms with Crippen molar-refractivity contribution in [3.05, 3.63) is 44.7 Å². The summed E-state index contributed by atoms with van der Waals surface area (Å²) in [6, 6.07) is 3.82. The number of thiocarbonyl (C=S) groups is 1. The molecule has 0 unspecified atom stereocenters. The fraction of sp³-hybridized carbons (Fsp3) is 0.538. The Bertz CT molecular complexity index is 1170. The van der Waals surface area contributed by atoms with Gasteiger partial charge in [-0.1, -0.05) is 69.6 Å². The normalized spacial score (nSPS) is 18.6. The van der Waals surface area contributed by atoms with Crippen molar-refractivity contribution in [2.75, 3.05) is 24.5 Å². The van der Waals surface area contributed by atoms with Crippen molar-refractivity contribution in [3.63, 3.8) is 0 Å². The highest BCUT2D eigenvalue weighted by atomic mass is 32.2. The molecule has 8 heteroatoms. The minimum atomic E-state index is -0.146. The van der Waals surface area contributed by atoms with E-state index in [1.165, 1.54) is 31.0 Å². The van der Waals surface area contributed by atoms with Crippen LogP contribution in [0.25, 0.3) is 11.7 Å². The maximum Gasteiger partial charge on any atom is 0.267 e. The van der Waals surface area contributed by atoms with Crippen molar-refractivity contribution >= 4 is 51.7 Å². The summed E-state index contributed by atoms with van der Waals surface area (Å²) in [4.78, 5) is 36.2. The summed E-state index contributed by atoms with van der Waals surface area (Å²) in [7, 11) is 0. The number of pyridine rings is 1. The van der Waals surface area contributed by atoms with Crippen LogP contribution in [0.5, 0.6) is 0 Å². The molecule has 0 bridgehead atoms. The second-order valence-electron chi connectivity index (χ2n) is 9.46. The first-order valence-electron chi connectivity index (χ1n) is 12.4. The van der Waals surface area contributed by atoms with Gasteiger partial charge in [0.15, 0.2) is 0 Å². The molecular formula is C26H34N4O2S2. The summed E-state index contributed by atoms with van der Waals surface area (Å²) in [6.45, 7) is 8.77. The highest BCUT2D eigenvalue weighted by Gasteiger charge is 2.33. The highest BCUT2D eigenvalue weighted by Crippen LogP contribution is 2.34. The van der Waals surface area contributed by atoms with Gasteiger partial charge < -0.3 is 4.90 Å². The maximum absolute atomic E-state index is 13.6. The first-order chi connectivity index (χ1) is 16.4. The predicted octanol–water partition coefficient (Wildman–Crippen LogP) is 5.41. The molecule has 0 spiro atoms. The molecule has 0 radical (unpaired) electrons. The fourth-order valence-electron chi connectivity index (χ4n) is 4.59. The predicted molar refractivity (Wildman–Crippen MR) is 145 cm³/mol. The van der Waals surface area contributed by atoms with Crippen LogP contribution in [0.2, 0.25) is 0 Å². The topological polar surface area (TPSA) is 57.9 Å². The van der Waals surface area contributed by atoms with Crippen molar-refractivity contribution in [2.24, 2.45) is 5.92 Å². The number of aryl methyl sites for hydroxylation is 1. The number of hydrogen-bond acceptors (Lipinski definition) is 6. The van der Waals surface area contributed by atoms with Gasteiger partial charge in [0.05, 0.1) is 10.5 Å². The molecule has 34 heavy (non-hydrogen) atoms. The molecule has 0 atom stereocenters. The van der Waals surface area contributed by atoms with E-state index in [9.17, 15) is 9.59 Å². The Labute approximate surface area is 211 Å². The first kappa shape index (κ1) is 24.9. The number of amides is 1. The number of nitrogens with zero attached hydrogens (tertiary/aromatic N) is 4. The molecule has 2 aromatic rings. The van der Waals surface area contributed by atoms with E-state index in [-0.39, 0.29) is 11.5 Å². The van der Waals surface area contributed by atoms with Crippen molar-refractivity contribution in [1.29, 1.82) is 0 Å². The molecule has 2 saturated heterocycles. The van der Waals surface area contributed by atoms with Crippen LogP contribution in [0.1, 0.15) is 69.9 Å². The van der Waals surface area contributed by atoms with Gasteiger partial charge in [0, 0.05) is 25.8 Å². The van der Waals surface area contributed by atoms with Gasteiger partial charge in [-0.2, -0.15) is 0 Å². The van der Waals surface area contributed by atoms with Crippen molar-refractivity contribution in [3.8, 4) is 0 Å². The zero-order chi connectivity index (χ0) is 24.2. The van der Waals surface area contributed by atoms with Gasteiger partial charge in [0.1, 0.15) is 15.8 Å². The average Bonchev–Trinajstić information content (AvgIpc) is 3.09. The van der Waals surface area contributed by atoms with Crippen molar-refractivity contribution < 1.29 is 4.79 Å². The first-order valence-corrected chi connectivity index (χ1v) is 13.7. The minimum Gasteiger partial charge on any atom is -0.356 e. The van der Waals surface area contributed by atoms with Crippen LogP contribution in [0.3, 0.4) is 0 Å². The molecule has 1 amide bonds. The van der Waals surface area contributed by atoms with Gasteiger partial charge in [-0.05, 0) is 49.8 Å². The monoisotopic (exact) mass is 498 g/mol. The third kappa shape index (κ3) is 5.23. The summed E-state index contributed by atoms with van der Waals surface area (Å²) in [5.41, 5.74) is 1.94. The zero-order valence-corrected chi connectivity index (χ0v) is 22.0. The van der Waals surface area contributed by atoms with E-state index in [2.05, 4.69) is 18.7 Å². The summed E-state index contributed by atoms with van der Waals surface area (Å²) in [5.74, 6) is 1.24. The van der Waals surface area contributed by atoms with E-state index in [0.717, 1.165) is 44.3 Å². The largest absolute Gasteiger partial charge is 0.356 e. The molecule has 0 saturated carbocycles. The second kappa shape index (κ2) is 11.0. The van der Waals surface area contributed by atoms with E-state index in [0.29, 0.717) is 38.7 Å². The summed E-state index contributed by atoms with van der Waals surface area (Å²) in [6.07, 6.45) is 11.2. The lowest BCUT2D eigenvalue weighted by atomic mass is 9.99. The number of carbonyl (C=O) groups is 1. The number of aromatic nitrogens is 2. The lowest BCUT2D eigenvalue weighted by molar-refractivity contribution is -0.122. The Morgan fingerprint density at radius 3 is 2.65 bits per heavy atom. The molecule has 182 valence electrons. The Balaban J connectivity index is 1.68. The number of rotatable bonds is 8. The Morgan fingerprint density at radius 1 is 1.18 bits per heavy atom. The Hall–Kier alpha value is -2.19. The molecule has 4 heterocycles. The van der Waals surface area contributed by atoms with Crippen LogP contribution in [0, 0.1) is 12.8 Å². The molecule has 2 fully saturated rings. The van der Waals surface area contributed by atoms with Gasteiger partial charge in [0.2, 0.25) is 0 Å². The van der Waals surface area contributed by atoms with Crippen LogP contribution in [0.4, 0.5) is 5.82 Å². The van der Waals surface area contributed by atoms with Crippen LogP contribution < -0.4 is 10.5 Å². The van der Waals surface area contributed by atoms with E-state index in [1.807, 2.05) is 19.1 Å². The number of anilines is 1. The van der Waals surface area contributed by atoms with Gasteiger partial charge >= 0.3 is 0 Å². The quantitative estimate of drug-likeness (QED) is 0.276. The van der Waals surface area contributed by atoms with E-state index < -0.39 is 0 Å². The lowest BCUT2D eigenvalue weighted by Crippen LogP contribution is -2.36. The number of fused-ring (bicyclic) bond motifs is 1. The summed E-state index contributed by atoms with van der Waals surface area (Å²) in [5, 5.41) is 0. The van der Waals surface area contributed by atoms with Gasteiger partial charge in [-0.25, -0.2) is 4.98 Å². The highest BCUT2D eigenvalue weighted by molar-refractivity contribution is 8.26. The summed E-state index contributed by atoms with van der Waals surface area (Å²) >= 11 is 6.82. The number of piperidine rings is 1. The third-order valence-electron chi connectivity index (χ3n) is 6.78. The number of hydrogen-bond donors (Lipinski definition) is 0. The zero-order valence-electron chi connectivity index (χ0n) is 20.4. The molecular weight excluding hydrogens is 464 g/mol. The molecule has 6 nitrogen and oxygen atoms in total. The Kier molecular flexibility index (Phi) is 8.09. The Morgan fingerprint density at radius 2 is 1.91 bits per heavy atom. The van der Waals surface area contributed by atoms with E-state index in [4.69, 9.17) is 17.2 Å². The van der Waals surface area contributed by atoms with Crippen LogP contribution >= 0.6 is 24.0 Å². The standard InChI is InChI=1S/C26H34N4O2S2/c1-4-5-6-7-8-13-30-25(32)21(34-26(30)33)17-20-23(28-15-11-18(2)12-16-28)27-22-19(3)10-9-14-29(22)24(20)31/h9-10,14,17-18H,4-8,11-13,15-16H2,1-3H3/b21-17+. The van der Waals surface area contributed by atoms with Gasteiger partial charge in [-0.3, -0.25) is 18.9 Å². The van der Waals surface area contributed by atoms with Gasteiger partial charge in [0.25, 0.3) is 11.5 Å². The van der Waals surface area contributed by atoms with Gasteiger partial charge in [-0.15, -0.1) is 0 Å². The molecule has 2 aromatic heterocycles. The smallest absolute Gasteiger partial charge is 0.267 e.